The molecule has 2 heteroatoms. The quantitative estimate of drug-likeness (QED) is 0.242. The van der Waals surface area contributed by atoms with E-state index in [0.717, 1.165) is 6.54 Å². The van der Waals surface area contributed by atoms with Gasteiger partial charge in [-0.15, -0.1) is 0 Å². The highest BCUT2D eigenvalue weighted by Crippen LogP contribution is 2.26. The van der Waals surface area contributed by atoms with E-state index < -0.39 is 0 Å². The van der Waals surface area contributed by atoms with Crippen LogP contribution >= 0.6 is 0 Å². The zero-order chi connectivity index (χ0) is 19.7. The Morgan fingerprint density at radius 1 is 0.741 bits per heavy atom. The first-order valence-electron chi connectivity index (χ1n) is 12.1. The number of unbranched alkanes of at least 4 members (excludes halogenated alkanes) is 9. The summed E-state index contributed by atoms with van der Waals surface area (Å²) in [6.07, 6.45) is 25.1. The van der Waals surface area contributed by atoms with E-state index in [9.17, 15) is 0 Å². The molecule has 0 N–H and O–H groups in total. The van der Waals surface area contributed by atoms with Crippen LogP contribution in [0, 0.1) is 0 Å². The van der Waals surface area contributed by atoms with Gasteiger partial charge >= 0.3 is 0 Å². The van der Waals surface area contributed by atoms with Gasteiger partial charge in [0.2, 0.25) is 0 Å². The minimum Gasteiger partial charge on any atom is -0.359 e. The molecule has 158 valence electrons. The first-order chi connectivity index (χ1) is 13.3. The molecule has 0 bridgehead atoms. The van der Waals surface area contributed by atoms with Crippen molar-refractivity contribution >= 4 is 0 Å². The van der Waals surface area contributed by atoms with Crippen LogP contribution in [0.3, 0.4) is 0 Å². The standard InChI is InChI=1S/C25H48N2/c1-5-9-12-15-19-24-20-18-23-26(8-4)25(24)27(21-16-13-10-6-2)22-17-14-11-7-3/h18,20,23,25H,5-17,19,21-22H2,1-4H3. The molecule has 27 heavy (non-hydrogen) atoms. The molecule has 1 unspecified atom stereocenters. The molecule has 1 aliphatic heterocycles. The van der Waals surface area contributed by atoms with Crippen molar-refractivity contribution in [2.45, 2.75) is 117 Å². The molecule has 0 radical (unpaired) electrons. The summed E-state index contributed by atoms with van der Waals surface area (Å²) in [4.78, 5) is 5.39. The van der Waals surface area contributed by atoms with Gasteiger partial charge in [-0.2, -0.15) is 0 Å². The van der Waals surface area contributed by atoms with Crippen LogP contribution in [0.2, 0.25) is 0 Å². The lowest BCUT2D eigenvalue weighted by Gasteiger charge is -2.42. The van der Waals surface area contributed by atoms with Crippen molar-refractivity contribution in [1.29, 1.82) is 0 Å². The van der Waals surface area contributed by atoms with Gasteiger partial charge in [0, 0.05) is 25.8 Å². The van der Waals surface area contributed by atoms with Gasteiger partial charge in [0.1, 0.15) is 6.17 Å². The van der Waals surface area contributed by atoms with Crippen molar-refractivity contribution in [2.24, 2.45) is 0 Å². The summed E-state index contributed by atoms with van der Waals surface area (Å²) < 4.78 is 0. The highest BCUT2D eigenvalue weighted by Gasteiger charge is 2.26. The maximum Gasteiger partial charge on any atom is 0.104 e. The lowest BCUT2D eigenvalue weighted by atomic mass is 9.99. The normalized spacial score (nSPS) is 17.0. The molecule has 1 heterocycles. The first kappa shape index (κ1) is 24.3. The summed E-state index contributed by atoms with van der Waals surface area (Å²) in [6.45, 7) is 12.9. The molecule has 0 aliphatic carbocycles. The van der Waals surface area contributed by atoms with Gasteiger partial charge in [-0.3, -0.25) is 4.90 Å². The number of allylic oxidation sites excluding steroid dienone is 2. The van der Waals surface area contributed by atoms with E-state index in [2.05, 4.69) is 55.8 Å². The minimum absolute atomic E-state index is 0.505. The monoisotopic (exact) mass is 376 g/mol. The number of likely N-dealkylation sites (N-methyl/N-ethyl adjacent to an activating group) is 1. The molecule has 0 amide bonds. The van der Waals surface area contributed by atoms with Crippen molar-refractivity contribution in [3.05, 3.63) is 23.9 Å². The Kier molecular flexibility index (Phi) is 14.6. The lowest BCUT2D eigenvalue weighted by Crippen LogP contribution is -2.49. The topological polar surface area (TPSA) is 6.48 Å². The molecule has 1 rings (SSSR count). The second-order valence-electron chi connectivity index (χ2n) is 8.26. The van der Waals surface area contributed by atoms with E-state index in [4.69, 9.17) is 0 Å². The maximum absolute atomic E-state index is 2.81. The van der Waals surface area contributed by atoms with Gasteiger partial charge in [0.15, 0.2) is 0 Å². The van der Waals surface area contributed by atoms with Crippen LogP contribution in [0.15, 0.2) is 23.9 Å². The van der Waals surface area contributed by atoms with Gasteiger partial charge in [-0.25, -0.2) is 0 Å². The van der Waals surface area contributed by atoms with Crippen LogP contribution in [0.25, 0.3) is 0 Å². The van der Waals surface area contributed by atoms with Crippen molar-refractivity contribution in [2.75, 3.05) is 19.6 Å². The zero-order valence-electron chi connectivity index (χ0n) is 19.0. The van der Waals surface area contributed by atoms with Crippen molar-refractivity contribution < 1.29 is 0 Å². The largest absolute Gasteiger partial charge is 0.359 e. The maximum atomic E-state index is 2.81. The second kappa shape index (κ2) is 16.2. The zero-order valence-corrected chi connectivity index (χ0v) is 19.0. The van der Waals surface area contributed by atoms with Crippen LogP contribution in [-0.2, 0) is 0 Å². The average molecular weight is 377 g/mol. The van der Waals surface area contributed by atoms with Crippen molar-refractivity contribution in [3.63, 3.8) is 0 Å². The molecule has 0 spiro atoms. The predicted molar refractivity (Wildman–Crippen MR) is 122 cm³/mol. The Morgan fingerprint density at radius 2 is 1.30 bits per heavy atom. The Balaban J connectivity index is 2.75. The molecule has 2 nitrogen and oxygen atoms in total. The molecule has 0 aromatic carbocycles. The third-order valence-corrected chi connectivity index (χ3v) is 5.86. The van der Waals surface area contributed by atoms with E-state index in [-0.39, 0.29) is 0 Å². The van der Waals surface area contributed by atoms with Gasteiger partial charge in [0.25, 0.3) is 0 Å². The molecule has 0 saturated carbocycles. The molecular formula is C25H48N2. The Labute approximate surface area is 171 Å². The summed E-state index contributed by atoms with van der Waals surface area (Å²) in [5.41, 5.74) is 1.65. The Bertz CT molecular complexity index is 387. The number of nitrogens with zero attached hydrogens (tertiary/aromatic N) is 2. The average Bonchev–Trinajstić information content (AvgIpc) is 2.70. The van der Waals surface area contributed by atoms with E-state index in [0.29, 0.717) is 6.17 Å². The van der Waals surface area contributed by atoms with E-state index in [1.165, 1.54) is 96.6 Å². The number of hydrogen-bond acceptors (Lipinski definition) is 2. The number of hydrogen-bond donors (Lipinski definition) is 0. The second-order valence-corrected chi connectivity index (χ2v) is 8.26. The Hall–Kier alpha value is -0.760. The molecule has 0 saturated heterocycles. The van der Waals surface area contributed by atoms with E-state index in [1.54, 1.807) is 5.57 Å². The highest BCUT2D eigenvalue weighted by atomic mass is 15.3. The molecule has 1 aliphatic rings. The molecule has 0 fully saturated rings. The van der Waals surface area contributed by atoms with Crippen LogP contribution in [-0.4, -0.2) is 35.6 Å². The third kappa shape index (κ3) is 9.83. The third-order valence-electron chi connectivity index (χ3n) is 5.86. The summed E-state index contributed by atoms with van der Waals surface area (Å²) in [5, 5.41) is 0. The SMILES string of the molecule is CCCCCCC1=CC=CN(CC)C1N(CCCCCC)CCCCCC. The summed E-state index contributed by atoms with van der Waals surface area (Å²) >= 11 is 0. The van der Waals surface area contributed by atoms with Crippen LogP contribution in [0.5, 0.6) is 0 Å². The fraction of sp³-hybridized carbons (Fsp3) is 0.840. The van der Waals surface area contributed by atoms with E-state index >= 15 is 0 Å². The van der Waals surface area contributed by atoms with Crippen LogP contribution < -0.4 is 0 Å². The Morgan fingerprint density at radius 3 is 1.81 bits per heavy atom. The summed E-state index contributed by atoms with van der Waals surface area (Å²) in [6, 6.07) is 0. The van der Waals surface area contributed by atoms with Gasteiger partial charge in [-0.05, 0) is 44.3 Å². The first-order valence-corrected chi connectivity index (χ1v) is 12.1. The lowest BCUT2D eigenvalue weighted by molar-refractivity contribution is 0.0970. The summed E-state index contributed by atoms with van der Waals surface area (Å²) in [7, 11) is 0. The molecule has 0 aromatic rings. The van der Waals surface area contributed by atoms with Gasteiger partial charge in [0.05, 0.1) is 0 Å². The fourth-order valence-corrected chi connectivity index (χ4v) is 4.19. The predicted octanol–water partition coefficient (Wildman–Crippen LogP) is 7.52. The van der Waals surface area contributed by atoms with Crippen LogP contribution in [0.4, 0.5) is 0 Å². The summed E-state index contributed by atoms with van der Waals surface area (Å²) in [5.74, 6) is 0. The van der Waals surface area contributed by atoms with Crippen molar-refractivity contribution in [3.8, 4) is 0 Å². The highest BCUT2D eigenvalue weighted by molar-refractivity contribution is 5.23. The molecule has 1 atom stereocenters. The van der Waals surface area contributed by atoms with Crippen molar-refractivity contribution in [1.82, 2.24) is 9.80 Å². The van der Waals surface area contributed by atoms with Crippen LogP contribution in [0.1, 0.15) is 111 Å². The smallest absolute Gasteiger partial charge is 0.104 e. The van der Waals surface area contributed by atoms with Gasteiger partial charge < -0.3 is 4.90 Å². The molecule has 0 aromatic heterocycles. The van der Waals surface area contributed by atoms with Gasteiger partial charge in [-0.1, -0.05) is 84.6 Å². The fourth-order valence-electron chi connectivity index (χ4n) is 4.19. The molecular weight excluding hydrogens is 328 g/mol. The number of rotatable bonds is 17. The minimum atomic E-state index is 0.505. The van der Waals surface area contributed by atoms with E-state index in [1.807, 2.05) is 0 Å².